The van der Waals surface area contributed by atoms with Crippen molar-refractivity contribution in [3.05, 3.63) is 24.3 Å². The number of aliphatic carboxylic acids is 1. The third kappa shape index (κ3) is 4.15. The highest BCUT2D eigenvalue weighted by Crippen LogP contribution is 2.33. The molecule has 1 saturated heterocycles. The molecule has 1 N–H and O–H groups in total. The van der Waals surface area contributed by atoms with E-state index < -0.39 is 24.1 Å². The molecular weight excluding hydrogens is 352 g/mol. The van der Waals surface area contributed by atoms with E-state index in [-0.39, 0.29) is 18.4 Å². The maximum Gasteiger partial charge on any atom is 0.306 e. The van der Waals surface area contributed by atoms with Gasteiger partial charge in [0, 0.05) is 20.1 Å². The van der Waals surface area contributed by atoms with Gasteiger partial charge in [-0.2, -0.15) is 0 Å². The van der Waals surface area contributed by atoms with Crippen molar-refractivity contribution in [1.29, 1.82) is 0 Å². The van der Waals surface area contributed by atoms with Gasteiger partial charge in [-0.05, 0) is 31.9 Å². The molecule has 0 aromatic heterocycles. The highest BCUT2D eigenvalue weighted by Gasteiger charge is 2.37. The first kappa shape index (κ1) is 19.0. The second kappa shape index (κ2) is 7.85. The first-order valence-corrected chi connectivity index (χ1v) is 9.04. The second-order valence-electron chi connectivity index (χ2n) is 7.00. The fourth-order valence-corrected chi connectivity index (χ4v) is 3.36. The summed E-state index contributed by atoms with van der Waals surface area (Å²) in [6.45, 7) is 2.46. The number of para-hydroxylation sites is 2. The number of carboxylic acids is 1. The highest BCUT2D eigenvalue weighted by atomic mass is 16.6. The van der Waals surface area contributed by atoms with Crippen LogP contribution in [0.25, 0.3) is 0 Å². The number of likely N-dealkylation sites (tertiary alicyclic amines) is 1. The summed E-state index contributed by atoms with van der Waals surface area (Å²) in [5.41, 5.74) is 0. The van der Waals surface area contributed by atoms with Crippen LogP contribution in [0.4, 0.5) is 0 Å². The molecule has 2 atom stereocenters. The van der Waals surface area contributed by atoms with Crippen LogP contribution in [-0.2, 0) is 14.4 Å². The van der Waals surface area contributed by atoms with Crippen LogP contribution in [-0.4, -0.2) is 71.6 Å². The molecule has 0 bridgehead atoms. The summed E-state index contributed by atoms with van der Waals surface area (Å²) in [7, 11) is 1.56. The van der Waals surface area contributed by atoms with E-state index in [9.17, 15) is 14.4 Å². The standard InChI is InChI=1S/C19H24N2O6/c1-12-17(27-15-6-4-3-5-14(15)26-12)18(23)20(2)11-16(22)21-9-7-13(8-10-21)19(24)25/h3-6,12-13,17H,7-11H2,1-2H3,(H,24,25). The van der Waals surface area contributed by atoms with Gasteiger partial charge >= 0.3 is 5.97 Å². The summed E-state index contributed by atoms with van der Waals surface area (Å²) in [5, 5.41) is 9.04. The van der Waals surface area contributed by atoms with Gasteiger partial charge in [0.05, 0.1) is 12.5 Å². The summed E-state index contributed by atoms with van der Waals surface area (Å²) in [6, 6.07) is 7.14. The molecule has 8 heteroatoms. The van der Waals surface area contributed by atoms with E-state index >= 15 is 0 Å². The summed E-state index contributed by atoms with van der Waals surface area (Å²) in [6.07, 6.45) is -0.426. The SMILES string of the molecule is CC1Oc2ccccc2OC1C(=O)N(C)CC(=O)N1CCC(C(=O)O)CC1. The Morgan fingerprint density at radius 2 is 1.74 bits per heavy atom. The molecule has 2 aliphatic heterocycles. The van der Waals surface area contributed by atoms with Gasteiger partial charge in [0.25, 0.3) is 5.91 Å². The van der Waals surface area contributed by atoms with Crippen LogP contribution in [0.3, 0.4) is 0 Å². The van der Waals surface area contributed by atoms with Crippen LogP contribution >= 0.6 is 0 Å². The third-order valence-corrected chi connectivity index (χ3v) is 5.03. The van der Waals surface area contributed by atoms with Crippen LogP contribution in [0.2, 0.25) is 0 Å². The average molecular weight is 376 g/mol. The van der Waals surface area contributed by atoms with Crippen molar-refractivity contribution in [2.75, 3.05) is 26.7 Å². The number of ether oxygens (including phenoxy) is 2. The summed E-state index contributed by atoms with van der Waals surface area (Å²) >= 11 is 0. The minimum absolute atomic E-state index is 0.0786. The Bertz CT molecular complexity index is 729. The quantitative estimate of drug-likeness (QED) is 0.842. The summed E-state index contributed by atoms with van der Waals surface area (Å²) in [5.74, 6) is -0.649. The van der Waals surface area contributed by atoms with Crippen LogP contribution in [0.1, 0.15) is 19.8 Å². The van der Waals surface area contributed by atoms with Crippen molar-refractivity contribution < 1.29 is 29.0 Å². The van der Waals surface area contributed by atoms with E-state index in [0.29, 0.717) is 37.4 Å². The first-order valence-electron chi connectivity index (χ1n) is 9.04. The topological polar surface area (TPSA) is 96.4 Å². The van der Waals surface area contributed by atoms with E-state index in [1.54, 1.807) is 37.1 Å². The monoisotopic (exact) mass is 376 g/mol. The van der Waals surface area contributed by atoms with Crippen molar-refractivity contribution in [2.24, 2.45) is 5.92 Å². The number of hydrogen-bond donors (Lipinski definition) is 1. The fourth-order valence-electron chi connectivity index (χ4n) is 3.36. The zero-order chi connectivity index (χ0) is 19.6. The number of rotatable bonds is 4. The van der Waals surface area contributed by atoms with Crippen LogP contribution in [0, 0.1) is 5.92 Å². The molecule has 3 rings (SSSR count). The normalized spacial score (nSPS) is 22.2. The number of carbonyl (C=O) groups excluding carboxylic acids is 2. The minimum Gasteiger partial charge on any atom is -0.482 e. The zero-order valence-corrected chi connectivity index (χ0v) is 15.5. The largest absolute Gasteiger partial charge is 0.482 e. The predicted molar refractivity (Wildman–Crippen MR) is 95.5 cm³/mol. The van der Waals surface area contributed by atoms with Crippen molar-refractivity contribution in [1.82, 2.24) is 9.80 Å². The zero-order valence-electron chi connectivity index (χ0n) is 15.5. The average Bonchev–Trinajstić information content (AvgIpc) is 2.66. The fraction of sp³-hybridized carbons (Fsp3) is 0.526. The molecule has 2 heterocycles. The van der Waals surface area contributed by atoms with Gasteiger partial charge in [0.1, 0.15) is 6.10 Å². The maximum absolute atomic E-state index is 12.8. The number of carbonyl (C=O) groups is 3. The highest BCUT2D eigenvalue weighted by molar-refractivity contribution is 5.87. The number of carboxylic acid groups (broad SMARTS) is 1. The predicted octanol–water partition coefficient (Wildman–Crippen LogP) is 0.996. The Hall–Kier alpha value is -2.77. The Labute approximate surface area is 157 Å². The van der Waals surface area contributed by atoms with Crippen molar-refractivity contribution in [3.8, 4) is 11.5 Å². The number of nitrogens with zero attached hydrogens (tertiary/aromatic N) is 2. The van der Waals surface area contributed by atoms with Crippen molar-refractivity contribution >= 4 is 17.8 Å². The Morgan fingerprint density at radius 1 is 1.15 bits per heavy atom. The van der Waals surface area contributed by atoms with E-state index in [1.807, 2.05) is 6.07 Å². The van der Waals surface area contributed by atoms with Crippen molar-refractivity contribution in [2.45, 2.75) is 32.0 Å². The van der Waals surface area contributed by atoms with Gasteiger partial charge in [0.15, 0.2) is 11.5 Å². The molecule has 1 aromatic rings. The Balaban J connectivity index is 1.56. The number of amides is 2. The number of fused-ring (bicyclic) bond motifs is 1. The lowest BCUT2D eigenvalue weighted by Crippen LogP contribution is -2.52. The van der Waals surface area contributed by atoms with Crippen LogP contribution in [0.5, 0.6) is 11.5 Å². The van der Waals surface area contributed by atoms with E-state index in [0.717, 1.165) is 0 Å². The molecule has 0 saturated carbocycles. The summed E-state index contributed by atoms with van der Waals surface area (Å²) < 4.78 is 11.5. The number of piperidine rings is 1. The molecule has 27 heavy (non-hydrogen) atoms. The smallest absolute Gasteiger partial charge is 0.306 e. The molecular formula is C19H24N2O6. The lowest BCUT2D eigenvalue weighted by Gasteiger charge is -2.34. The Kier molecular flexibility index (Phi) is 5.53. The lowest BCUT2D eigenvalue weighted by molar-refractivity contribution is -0.149. The molecule has 0 spiro atoms. The maximum atomic E-state index is 12.8. The first-order chi connectivity index (χ1) is 12.9. The lowest BCUT2D eigenvalue weighted by atomic mass is 9.97. The van der Waals surface area contributed by atoms with E-state index in [4.69, 9.17) is 14.6 Å². The molecule has 1 aromatic carbocycles. The number of likely N-dealkylation sites (N-methyl/N-ethyl adjacent to an activating group) is 1. The van der Waals surface area contributed by atoms with E-state index in [2.05, 4.69) is 0 Å². The van der Waals surface area contributed by atoms with Crippen molar-refractivity contribution in [3.63, 3.8) is 0 Å². The molecule has 2 amide bonds. The molecule has 2 unspecified atom stereocenters. The minimum atomic E-state index is -0.824. The molecule has 8 nitrogen and oxygen atoms in total. The van der Waals surface area contributed by atoms with E-state index in [1.165, 1.54) is 4.90 Å². The van der Waals surface area contributed by atoms with Crippen LogP contribution in [0.15, 0.2) is 24.3 Å². The van der Waals surface area contributed by atoms with Gasteiger partial charge in [-0.25, -0.2) is 0 Å². The van der Waals surface area contributed by atoms with Gasteiger partial charge in [0.2, 0.25) is 12.0 Å². The van der Waals surface area contributed by atoms with Gasteiger partial charge in [-0.15, -0.1) is 0 Å². The third-order valence-electron chi connectivity index (χ3n) is 5.03. The number of benzene rings is 1. The molecule has 0 aliphatic carbocycles. The summed E-state index contributed by atoms with van der Waals surface area (Å²) in [4.78, 5) is 39.2. The van der Waals surface area contributed by atoms with Gasteiger partial charge < -0.3 is 24.4 Å². The molecule has 0 radical (unpaired) electrons. The molecule has 1 fully saturated rings. The van der Waals surface area contributed by atoms with Gasteiger partial charge in [-0.3, -0.25) is 14.4 Å². The Morgan fingerprint density at radius 3 is 2.33 bits per heavy atom. The van der Waals surface area contributed by atoms with Gasteiger partial charge in [-0.1, -0.05) is 12.1 Å². The second-order valence-corrected chi connectivity index (χ2v) is 7.00. The van der Waals surface area contributed by atoms with Crippen LogP contribution < -0.4 is 9.47 Å². The number of hydrogen-bond acceptors (Lipinski definition) is 5. The molecule has 2 aliphatic rings. The molecule has 146 valence electrons.